The number of hydrazine groups is 2. The molecule has 0 atom stereocenters. The summed E-state index contributed by atoms with van der Waals surface area (Å²) in [4.78, 5) is 11.6. The Bertz CT molecular complexity index is 612. The van der Waals surface area contributed by atoms with Gasteiger partial charge in [-0.3, -0.25) is 16.1 Å². The molecule has 2 aliphatic rings. The molecule has 1 aromatic carbocycles. The maximum Gasteiger partial charge on any atom is 0.269 e. The van der Waals surface area contributed by atoms with Gasteiger partial charge in [0.25, 0.3) is 5.91 Å². The van der Waals surface area contributed by atoms with Crippen LogP contribution in [0.4, 0.5) is 4.39 Å². The molecular weight excluding hydrogens is 333 g/mol. The lowest BCUT2D eigenvalue weighted by atomic mass is 9.59. The lowest BCUT2D eigenvalue weighted by Crippen LogP contribution is -2.42. The van der Waals surface area contributed by atoms with Crippen molar-refractivity contribution < 1.29 is 13.9 Å². The molecule has 2 aliphatic carbocycles. The van der Waals surface area contributed by atoms with Crippen LogP contribution >= 0.6 is 11.6 Å². The standard InChI is InChI=1S/C17H23ClFN3O2/c18-13-8-12(16(23)21-22-20)14(19)9-15(13)24-10-11-2-6-17(7-3-11)4-1-5-17/h8-9,11,22H,1-7,10,20H2,(H,21,23). The monoisotopic (exact) mass is 355 g/mol. The van der Waals surface area contributed by atoms with Crippen molar-refractivity contribution in [3.8, 4) is 5.75 Å². The predicted molar refractivity (Wildman–Crippen MR) is 89.9 cm³/mol. The molecule has 5 nitrogen and oxygen atoms in total. The van der Waals surface area contributed by atoms with Crippen molar-refractivity contribution in [1.29, 1.82) is 0 Å². The third-order valence-electron chi connectivity index (χ3n) is 5.51. The van der Waals surface area contributed by atoms with Crippen LogP contribution < -0.4 is 21.5 Å². The average Bonchev–Trinajstić information content (AvgIpc) is 2.54. The van der Waals surface area contributed by atoms with Gasteiger partial charge in [-0.15, -0.1) is 0 Å². The van der Waals surface area contributed by atoms with Crippen LogP contribution in [0.25, 0.3) is 0 Å². The Labute approximate surface area is 146 Å². The first-order valence-electron chi connectivity index (χ1n) is 8.41. The Balaban J connectivity index is 1.57. The number of halogens is 2. The molecule has 1 aromatic rings. The number of carbonyl (C=O) groups excluding carboxylic acids is 1. The van der Waals surface area contributed by atoms with Crippen LogP contribution in [0.3, 0.4) is 0 Å². The van der Waals surface area contributed by atoms with Crippen LogP contribution in [-0.4, -0.2) is 12.5 Å². The molecule has 1 amide bonds. The lowest BCUT2D eigenvalue weighted by Gasteiger charge is -2.47. The molecule has 1 spiro atoms. The second-order valence-electron chi connectivity index (χ2n) is 6.97. The zero-order chi connectivity index (χ0) is 17.2. The first-order chi connectivity index (χ1) is 11.5. The third kappa shape index (κ3) is 3.66. The number of benzene rings is 1. The molecule has 0 unspecified atom stereocenters. The molecule has 2 saturated carbocycles. The topological polar surface area (TPSA) is 76.4 Å². The normalized spacial score (nSPS) is 19.8. The Morgan fingerprint density at radius 1 is 1.33 bits per heavy atom. The largest absolute Gasteiger partial charge is 0.492 e. The lowest BCUT2D eigenvalue weighted by molar-refractivity contribution is 0.0432. The van der Waals surface area contributed by atoms with Gasteiger partial charge in [-0.25, -0.2) is 4.39 Å². The first kappa shape index (κ1) is 17.5. The van der Waals surface area contributed by atoms with Gasteiger partial charge in [0.05, 0.1) is 17.2 Å². The van der Waals surface area contributed by atoms with E-state index in [0.717, 1.165) is 18.9 Å². The van der Waals surface area contributed by atoms with Crippen molar-refractivity contribution >= 4 is 17.5 Å². The van der Waals surface area contributed by atoms with Gasteiger partial charge in [0, 0.05) is 6.07 Å². The molecule has 0 heterocycles. The smallest absolute Gasteiger partial charge is 0.269 e. The predicted octanol–water partition coefficient (Wildman–Crippen LogP) is 3.33. The van der Waals surface area contributed by atoms with Crippen LogP contribution in [0.5, 0.6) is 5.75 Å². The molecule has 2 fully saturated rings. The summed E-state index contributed by atoms with van der Waals surface area (Å²) in [6.07, 6.45) is 8.97. The number of amides is 1. The first-order valence-corrected chi connectivity index (χ1v) is 8.79. The Kier molecular flexibility index (Phi) is 5.27. The number of hydrogen-bond donors (Lipinski definition) is 3. The minimum absolute atomic E-state index is 0.185. The van der Waals surface area contributed by atoms with Crippen LogP contribution in [0.1, 0.15) is 55.3 Å². The number of ether oxygens (including phenoxy) is 1. The van der Waals surface area contributed by atoms with Gasteiger partial charge in [-0.05, 0) is 55.9 Å². The number of carbonyl (C=O) groups is 1. The zero-order valence-corrected chi connectivity index (χ0v) is 14.3. The fraction of sp³-hybridized carbons (Fsp3) is 0.588. The van der Waals surface area contributed by atoms with E-state index < -0.39 is 11.7 Å². The van der Waals surface area contributed by atoms with Gasteiger partial charge >= 0.3 is 0 Å². The summed E-state index contributed by atoms with van der Waals surface area (Å²) < 4.78 is 19.8. The van der Waals surface area contributed by atoms with Crippen LogP contribution in [0.2, 0.25) is 5.02 Å². The summed E-state index contributed by atoms with van der Waals surface area (Å²) in [5, 5.41) is 0.213. The third-order valence-corrected chi connectivity index (χ3v) is 5.80. The van der Waals surface area contributed by atoms with Crippen molar-refractivity contribution in [3.05, 3.63) is 28.5 Å². The molecule has 0 radical (unpaired) electrons. The fourth-order valence-corrected chi connectivity index (χ4v) is 4.01. The Morgan fingerprint density at radius 3 is 2.62 bits per heavy atom. The SMILES string of the molecule is NNNC(=O)c1cc(Cl)c(OCC2CCC3(CCC3)CC2)cc1F. The highest BCUT2D eigenvalue weighted by Crippen LogP contribution is 2.52. The van der Waals surface area contributed by atoms with Crippen molar-refractivity contribution in [2.75, 3.05) is 6.61 Å². The number of nitrogens with two attached hydrogens (primary N) is 1. The number of rotatable bonds is 5. The maximum absolute atomic E-state index is 14.1. The van der Waals surface area contributed by atoms with Gasteiger partial charge in [-0.2, -0.15) is 5.53 Å². The van der Waals surface area contributed by atoms with Gasteiger partial charge in [0.1, 0.15) is 11.6 Å². The second-order valence-corrected chi connectivity index (χ2v) is 7.38. The molecule has 132 valence electrons. The Hall–Kier alpha value is -1.37. The minimum Gasteiger partial charge on any atom is -0.492 e. The van der Waals surface area contributed by atoms with E-state index in [4.69, 9.17) is 22.2 Å². The molecule has 0 aromatic heterocycles. The molecule has 0 bridgehead atoms. The van der Waals surface area contributed by atoms with Crippen LogP contribution in [0, 0.1) is 17.2 Å². The van der Waals surface area contributed by atoms with E-state index in [1.807, 2.05) is 5.53 Å². The van der Waals surface area contributed by atoms with Crippen molar-refractivity contribution in [2.24, 2.45) is 17.2 Å². The van der Waals surface area contributed by atoms with E-state index in [2.05, 4.69) is 5.43 Å². The minimum atomic E-state index is -0.695. The summed E-state index contributed by atoms with van der Waals surface area (Å²) in [6.45, 7) is 0.533. The Morgan fingerprint density at radius 2 is 2.04 bits per heavy atom. The fourth-order valence-electron chi connectivity index (χ4n) is 3.79. The second kappa shape index (κ2) is 7.25. The van der Waals surface area contributed by atoms with E-state index in [0.29, 0.717) is 17.9 Å². The molecule has 7 heteroatoms. The van der Waals surface area contributed by atoms with Gasteiger partial charge in [-0.1, -0.05) is 18.0 Å². The number of nitrogens with one attached hydrogen (secondary N) is 2. The van der Waals surface area contributed by atoms with Gasteiger partial charge < -0.3 is 4.74 Å². The molecule has 0 saturated heterocycles. The van der Waals surface area contributed by atoms with E-state index in [1.54, 1.807) is 0 Å². The summed E-state index contributed by atoms with van der Waals surface area (Å²) in [5.41, 5.74) is 4.50. The van der Waals surface area contributed by atoms with E-state index in [9.17, 15) is 9.18 Å². The summed E-state index contributed by atoms with van der Waals surface area (Å²) in [6, 6.07) is 2.41. The molecule has 0 aliphatic heterocycles. The molecule has 4 N–H and O–H groups in total. The van der Waals surface area contributed by atoms with Crippen molar-refractivity contribution in [2.45, 2.75) is 44.9 Å². The quantitative estimate of drug-likeness (QED) is 0.559. The molecule has 24 heavy (non-hydrogen) atoms. The zero-order valence-electron chi connectivity index (χ0n) is 13.5. The highest BCUT2D eigenvalue weighted by Gasteiger charge is 2.40. The highest BCUT2D eigenvalue weighted by molar-refractivity contribution is 6.32. The van der Waals surface area contributed by atoms with Gasteiger partial charge in [0.2, 0.25) is 0 Å². The van der Waals surface area contributed by atoms with Gasteiger partial charge in [0.15, 0.2) is 0 Å². The number of hydrogen-bond acceptors (Lipinski definition) is 4. The summed E-state index contributed by atoms with van der Waals surface area (Å²) in [7, 11) is 0. The van der Waals surface area contributed by atoms with E-state index in [1.165, 1.54) is 38.2 Å². The van der Waals surface area contributed by atoms with Crippen molar-refractivity contribution in [3.63, 3.8) is 0 Å². The van der Waals surface area contributed by atoms with Crippen LogP contribution in [0.15, 0.2) is 12.1 Å². The summed E-state index contributed by atoms with van der Waals surface area (Å²) in [5.74, 6) is 4.36. The maximum atomic E-state index is 14.1. The summed E-state index contributed by atoms with van der Waals surface area (Å²) >= 11 is 6.12. The van der Waals surface area contributed by atoms with Crippen molar-refractivity contribution in [1.82, 2.24) is 11.0 Å². The average molecular weight is 356 g/mol. The molecule has 3 rings (SSSR count). The highest BCUT2D eigenvalue weighted by atomic mass is 35.5. The van der Waals surface area contributed by atoms with E-state index >= 15 is 0 Å². The van der Waals surface area contributed by atoms with Crippen LogP contribution in [-0.2, 0) is 0 Å². The van der Waals surface area contributed by atoms with E-state index in [-0.39, 0.29) is 16.3 Å². The molecular formula is C17H23ClFN3O2.